The van der Waals surface area contributed by atoms with Crippen LogP contribution in [-0.4, -0.2) is 17.1 Å². The van der Waals surface area contributed by atoms with Crippen LogP contribution in [0.15, 0.2) is 36.4 Å². The maximum Gasteiger partial charge on any atom is 0.273 e. The first-order chi connectivity index (χ1) is 10.9. The predicted octanol–water partition coefficient (Wildman–Crippen LogP) is 4.72. The smallest absolute Gasteiger partial charge is 0.273 e. The van der Waals surface area contributed by atoms with Gasteiger partial charge >= 0.3 is 0 Å². The standard InChI is InChI=1S/C14H11Cl2N3O3S/c1-22-13-7-9(19(20)21)3-5-12(13)18-14(23)17-8-2-4-10(15)11(16)6-8/h2-7H,1H3,(H2,17,18,23). The van der Waals surface area contributed by atoms with E-state index in [-0.39, 0.29) is 10.8 Å². The summed E-state index contributed by atoms with van der Waals surface area (Å²) in [5.41, 5.74) is 1.07. The van der Waals surface area contributed by atoms with Crippen molar-refractivity contribution < 1.29 is 9.66 Å². The van der Waals surface area contributed by atoms with Crippen molar-refractivity contribution >= 4 is 57.6 Å². The molecule has 0 saturated carbocycles. The van der Waals surface area contributed by atoms with E-state index >= 15 is 0 Å². The summed E-state index contributed by atoms with van der Waals surface area (Å²) in [6.07, 6.45) is 0. The molecule has 0 aliphatic carbocycles. The van der Waals surface area contributed by atoms with Gasteiger partial charge in [-0.2, -0.15) is 0 Å². The molecule has 0 aliphatic heterocycles. The van der Waals surface area contributed by atoms with Gasteiger partial charge in [0.25, 0.3) is 5.69 Å². The largest absolute Gasteiger partial charge is 0.494 e. The summed E-state index contributed by atoms with van der Waals surface area (Å²) in [6, 6.07) is 9.16. The van der Waals surface area contributed by atoms with Crippen LogP contribution in [-0.2, 0) is 0 Å². The lowest BCUT2D eigenvalue weighted by Crippen LogP contribution is -2.19. The Kier molecular flexibility index (Phi) is 5.59. The molecule has 0 amide bonds. The molecule has 0 aromatic heterocycles. The molecule has 0 radical (unpaired) electrons. The number of nitro benzene ring substituents is 1. The first-order valence-corrected chi connectivity index (χ1v) is 7.42. The fourth-order valence-electron chi connectivity index (χ4n) is 1.76. The Morgan fingerprint density at radius 3 is 2.52 bits per heavy atom. The molecule has 0 heterocycles. The first-order valence-electron chi connectivity index (χ1n) is 6.26. The zero-order valence-electron chi connectivity index (χ0n) is 11.8. The van der Waals surface area contributed by atoms with Crippen LogP contribution in [0.5, 0.6) is 5.75 Å². The third kappa shape index (κ3) is 4.44. The maximum atomic E-state index is 10.8. The lowest BCUT2D eigenvalue weighted by Gasteiger charge is -2.13. The summed E-state index contributed by atoms with van der Waals surface area (Å²) in [5.74, 6) is 0.303. The fraction of sp³-hybridized carbons (Fsp3) is 0.0714. The Balaban J connectivity index is 2.13. The van der Waals surface area contributed by atoms with Crippen LogP contribution in [0.25, 0.3) is 0 Å². The second kappa shape index (κ2) is 7.45. The van der Waals surface area contributed by atoms with Crippen molar-refractivity contribution in [1.29, 1.82) is 0 Å². The van der Waals surface area contributed by atoms with Crippen molar-refractivity contribution in [3.8, 4) is 5.75 Å². The minimum absolute atomic E-state index is 0.0734. The minimum atomic E-state index is -0.501. The zero-order valence-corrected chi connectivity index (χ0v) is 14.1. The number of thiocarbonyl (C=S) groups is 1. The van der Waals surface area contributed by atoms with Gasteiger partial charge in [-0.3, -0.25) is 10.1 Å². The SMILES string of the molecule is COc1cc([N+](=O)[O-])ccc1NC(=S)Nc1ccc(Cl)c(Cl)c1. The van der Waals surface area contributed by atoms with Gasteiger partial charge in [0, 0.05) is 11.8 Å². The fourth-order valence-corrected chi connectivity index (χ4v) is 2.28. The maximum absolute atomic E-state index is 10.8. The monoisotopic (exact) mass is 371 g/mol. The van der Waals surface area contributed by atoms with E-state index in [4.69, 9.17) is 40.2 Å². The average Bonchev–Trinajstić information content (AvgIpc) is 2.51. The summed E-state index contributed by atoms with van der Waals surface area (Å²) < 4.78 is 5.13. The minimum Gasteiger partial charge on any atom is -0.494 e. The summed E-state index contributed by atoms with van der Waals surface area (Å²) in [6.45, 7) is 0. The van der Waals surface area contributed by atoms with E-state index in [9.17, 15) is 10.1 Å². The molecule has 2 rings (SSSR count). The van der Waals surface area contributed by atoms with Crippen LogP contribution < -0.4 is 15.4 Å². The Hall–Kier alpha value is -2.09. The Labute approximate surface area is 147 Å². The number of methoxy groups -OCH3 is 1. The van der Waals surface area contributed by atoms with Crippen LogP contribution in [0.3, 0.4) is 0 Å². The molecule has 2 aromatic carbocycles. The Morgan fingerprint density at radius 2 is 1.91 bits per heavy atom. The second-order valence-electron chi connectivity index (χ2n) is 4.35. The van der Waals surface area contributed by atoms with Crippen LogP contribution >= 0.6 is 35.4 Å². The van der Waals surface area contributed by atoms with Gasteiger partial charge in [-0.15, -0.1) is 0 Å². The van der Waals surface area contributed by atoms with Crippen molar-refractivity contribution in [2.75, 3.05) is 17.7 Å². The van der Waals surface area contributed by atoms with Gasteiger partial charge in [0.15, 0.2) is 5.11 Å². The summed E-state index contributed by atoms with van der Waals surface area (Å²) in [5, 5.41) is 17.7. The van der Waals surface area contributed by atoms with Crippen LogP contribution in [0.2, 0.25) is 10.0 Å². The Bertz CT molecular complexity index is 771. The van der Waals surface area contributed by atoms with Crippen molar-refractivity contribution in [1.82, 2.24) is 0 Å². The summed E-state index contributed by atoms with van der Waals surface area (Å²) >= 11 is 17.0. The number of anilines is 2. The molecule has 0 fully saturated rings. The van der Waals surface area contributed by atoms with Gasteiger partial charge < -0.3 is 15.4 Å². The van der Waals surface area contributed by atoms with E-state index in [2.05, 4.69) is 10.6 Å². The summed E-state index contributed by atoms with van der Waals surface area (Å²) in [4.78, 5) is 10.3. The molecule has 9 heteroatoms. The van der Waals surface area contributed by atoms with Gasteiger partial charge in [-0.1, -0.05) is 23.2 Å². The third-order valence-electron chi connectivity index (χ3n) is 2.82. The first kappa shape index (κ1) is 17.3. The number of nitrogens with zero attached hydrogens (tertiary/aromatic N) is 1. The summed E-state index contributed by atoms with van der Waals surface area (Å²) in [7, 11) is 1.42. The van der Waals surface area contributed by atoms with Gasteiger partial charge in [-0.25, -0.2) is 0 Å². The molecule has 0 saturated heterocycles. The third-order valence-corrected chi connectivity index (χ3v) is 3.76. The second-order valence-corrected chi connectivity index (χ2v) is 5.57. The highest BCUT2D eigenvalue weighted by Crippen LogP contribution is 2.29. The van der Waals surface area contributed by atoms with Gasteiger partial charge in [0.2, 0.25) is 0 Å². The molecular formula is C14H11Cl2N3O3S. The molecule has 0 atom stereocenters. The van der Waals surface area contributed by atoms with E-state index in [0.29, 0.717) is 27.2 Å². The Morgan fingerprint density at radius 1 is 1.17 bits per heavy atom. The number of benzene rings is 2. The number of non-ortho nitro benzene ring substituents is 1. The van der Waals surface area contributed by atoms with E-state index in [1.807, 2.05) is 0 Å². The highest BCUT2D eigenvalue weighted by atomic mass is 35.5. The van der Waals surface area contributed by atoms with E-state index < -0.39 is 4.92 Å². The average molecular weight is 372 g/mol. The van der Waals surface area contributed by atoms with E-state index in [1.165, 1.54) is 25.3 Å². The zero-order chi connectivity index (χ0) is 17.0. The van der Waals surface area contributed by atoms with Gasteiger partial charge in [0.05, 0.1) is 33.8 Å². The molecule has 2 aromatic rings. The van der Waals surface area contributed by atoms with Crippen LogP contribution in [0.4, 0.5) is 17.1 Å². The van der Waals surface area contributed by atoms with E-state index in [0.717, 1.165) is 0 Å². The highest BCUT2D eigenvalue weighted by Gasteiger charge is 2.12. The normalized spacial score (nSPS) is 10.0. The molecule has 2 N–H and O–H groups in total. The molecule has 120 valence electrons. The van der Waals surface area contributed by atoms with Crippen LogP contribution in [0.1, 0.15) is 0 Å². The van der Waals surface area contributed by atoms with Gasteiger partial charge in [-0.05, 0) is 36.5 Å². The molecular weight excluding hydrogens is 361 g/mol. The van der Waals surface area contributed by atoms with Crippen LogP contribution in [0, 0.1) is 10.1 Å². The number of nitrogens with one attached hydrogen (secondary N) is 2. The molecule has 23 heavy (non-hydrogen) atoms. The van der Waals surface area contributed by atoms with E-state index in [1.54, 1.807) is 18.2 Å². The molecule has 0 unspecified atom stereocenters. The molecule has 0 bridgehead atoms. The number of rotatable bonds is 4. The number of hydrogen-bond donors (Lipinski definition) is 2. The number of halogens is 2. The highest BCUT2D eigenvalue weighted by molar-refractivity contribution is 7.80. The predicted molar refractivity (Wildman–Crippen MR) is 96.0 cm³/mol. The number of ether oxygens (including phenoxy) is 1. The lowest BCUT2D eigenvalue weighted by molar-refractivity contribution is -0.384. The van der Waals surface area contributed by atoms with Crippen molar-refractivity contribution in [3.63, 3.8) is 0 Å². The van der Waals surface area contributed by atoms with Crippen molar-refractivity contribution in [2.45, 2.75) is 0 Å². The van der Waals surface area contributed by atoms with Crippen molar-refractivity contribution in [3.05, 3.63) is 56.6 Å². The van der Waals surface area contributed by atoms with Crippen molar-refractivity contribution in [2.24, 2.45) is 0 Å². The topological polar surface area (TPSA) is 76.4 Å². The lowest BCUT2D eigenvalue weighted by atomic mass is 10.2. The number of nitro groups is 1. The molecule has 0 spiro atoms. The number of hydrogen-bond acceptors (Lipinski definition) is 4. The van der Waals surface area contributed by atoms with Gasteiger partial charge in [0.1, 0.15) is 5.75 Å². The molecule has 6 nitrogen and oxygen atoms in total. The quantitative estimate of drug-likeness (QED) is 0.460. The molecule has 0 aliphatic rings.